The fourth-order valence-corrected chi connectivity index (χ4v) is 3.87. The Morgan fingerprint density at radius 1 is 1.07 bits per heavy atom. The average Bonchev–Trinajstić information content (AvgIpc) is 3.30. The van der Waals surface area contributed by atoms with Crippen LogP contribution < -0.4 is 10.2 Å². The van der Waals surface area contributed by atoms with Crippen LogP contribution in [0.15, 0.2) is 60.7 Å². The van der Waals surface area contributed by atoms with E-state index in [0.717, 1.165) is 16.3 Å². The van der Waals surface area contributed by atoms with Gasteiger partial charge in [-0.25, -0.2) is 0 Å². The summed E-state index contributed by atoms with van der Waals surface area (Å²) in [5.74, 6) is -0.619. The van der Waals surface area contributed by atoms with Gasteiger partial charge in [0.1, 0.15) is 5.01 Å². The van der Waals surface area contributed by atoms with E-state index < -0.39 is 0 Å². The first kappa shape index (κ1) is 17.4. The van der Waals surface area contributed by atoms with Gasteiger partial charge < -0.3 is 10.2 Å². The van der Waals surface area contributed by atoms with Gasteiger partial charge in [-0.2, -0.15) is 0 Å². The monoisotopic (exact) mass is 378 g/mol. The smallest absolute Gasteiger partial charge is 0.231 e. The highest BCUT2D eigenvalue weighted by Gasteiger charge is 2.35. The second-order valence-electron chi connectivity index (χ2n) is 6.39. The van der Waals surface area contributed by atoms with E-state index >= 15 is 0 Å². The summed E-state index contributed by atoms with van der Waals surface area (Å²) in [5.41, 5.74) is 1.96. The van der Waals surface area contributed by atoms with E-state index in [0.29, 0.717) is 18.1 Å². The van der Waals surface area contributed by atoms with Crippen LogP contribution in [-0.4, -0.2) is 28.6 Å². The van der Waals surface area contributed by atoms with Crippen molar-refractivity contribution in [2.24, 2.45) is 5.92 Å². The molecule has 1 fully saturated rings. The fraction of sp³-hybridized carbons (Fsp3) is 0.200. The standard InChI is InChI=1S/C20H18N4O2S/c25-18-12-15(13-24(18)16-9-5-2-6-10-16)19(26)21-20-23-22-17(27-20)11-14-7-3-1-4-8-14/h1-10,15H,11-13H2,(H,21,23,26). The summed E-state index contributed by atoms with van der Waals surface area (Å²) < 4.78 is 0. The Bertz CT molecular complexity index is 943. The molecule has 2 amide bonds. The molecular weight excluding hydrogens is 360 g/mol. The second kappa shape index (κ2) is 7.67. The van der Waals surface area contributed by atoms with Gasteiger partial charge in [0.2, 0.25) is 16.9 Å². The number of carbonyl (C=O) groups is 2. The number of hydrogen-bond acceptors (Lipinski definition) is 5. The van der Waals surface area contributed by atoms with Crippen LogP contribution in [0.2, 0.25) is 0 Å². The number of aromatic nitrogens is 2. The topological polar surface area (TPSA) is 75.2 Å². The molecule has 1 saturated heterocycles. The van der Waals surface area contributed by atoms with E-state index in [-0.39, 0.29) is 24.2 Å². The summed E-state index contributed by atoms with van der Waals surface area (Å²) in [5, 5.41) is 12.3. The van der Waals surface area contributed by atoms with Gasteiger partial charge in [0.25, 0.3) is 0 Å². The first-order valence-corrected chi connectivity index (χ1v) is 9.53. The Hall–Kier alpha value is -3.06. The molecule has 1 aliphatic heterocycles. The quantitative estimate of drug-likeness (QED) is 0.740. The molecule has 136 valence electrons. The van der Waals surface area contributed by atoms with E-state index in [2.05, 4.69) is 15.5 Å². The lowest BCUT2D eigenvalue weighted by Gasteiger charge is -2.16. The van der Waals surface area contributed by atoms with Crippen molar-refractivity contribution in [3.05, 3.63) is 71.2 Å². The molecule has 0 bridgehead atoms. The summed E-state index contributed by atoms with van der Waals surface area (Å²) in [6.07, 6.45) is 0.883. The number of anilines is 2. The summed E-state index contributed by atoms with van der Waals surface area (Å²) in [7, 11) is 0. The summed E-state index contributed by atoms with van der Waals surface area (Å²) in [6.45, 7) is 0.379. The molecule has 3 aromatic rings. The third-order valence-corrected chi connectivity index (χ3v) is 5.30. The van der Waals surface area contributed by atoms with Crippen LogP contribution in [0.25, 0.3) is 0 Å². The van der Waals surface area contributed by atoms with Crippen molar-refractivity contribution in [3.8, 4) is 0 Å². The molecule has 27 heavy (non-hydrogen) atoms. The van der Waals surface area contributed by atoms with Crippen LogP contribution >= 0.6 is 11.3 Å². The zero-order valence-electron chi connectivity index (χ0n) is 14.5. The van der Waals surface area contributed by atoms with E-state index in [1.54, 1.807) is 4.90 Å². The fourth-order valence-electron chi connectivity index (χ4n) is 3.09. The van der Waals surface area contributed by atoms with Gasteiger partial charge in [-0.3, -0.25) is 9.59 Å². The van der Waals surface area contributed by atoms with E-state index in [9.17, 15) is 9.59 Å². The average molecular weight is 378 g/mol. The molecule has 0 saturated carbocycles. The Morgan fingerprint density at radius 2 is 1.78 bits per heavy atom. The Kier molecular flexibility index (Phi) is 4.93. The maximum absolute atomic E-state index is 12.6. The minimum Gasteiger partial charge on any atom is -0.312 e. The Balaban J connectivity index is 1.38. The molecule has 7 heteroatoms. The summed E-state index contributed by atoms with van der Waals surface area (Å²) in [6, 6.07) is 19.4. The molecule has 1 N–H and O–H groups in total. The highest BCUT2D eigenvalue weighted by atomic mass is 32.1. The molecule has 1 atom stereocenters. The lowest BCUT2D eigenvalue weighted by atomic mass is 10.1. The van der Waals surface area contributed by atoms with Crippen molar-refractivity contribution in [1.82, 2.24) is 10.2 Å². The van der Waals surface area contributed by atoms with Crippen molar-refractivity contribution in [1.29, 1.82) is 0 Å². The molecule has 0 aliphatic carbocycles. The summed E-state index contributed by atoms with van der Waals surface area (Å²) in [4.78, 5) is 26.5. The van der Waals surface area contributed by atoms with Gasteiger partial charge in [-0.05, 0) is 17.7 Å². The molecule has 4 rings (SSSR count). The van der Waals surface area contributed by atoms with Crippen molar-refractivity contribution in [3.63, 3.8) is 0 Å². The first-order valence-electron chi connectivity index (χ1n) is 8.71. The van der Waals surface area contributed by atoms with E-state index in [4.69, 9.17) is 0 Å². The maximum atomic E-state index is 12.6. The van der Waals surface area contributed by atoms with Crippen LogP contribution in [0.1, 0.15) is 17.0 Å². The highest BCUT2D eigenvalue weighted by molar-refractivity contribution is 7.15. The molecule has 1 unspecified atom stereocenters. The van der Waals surface area contributed by atoms with Gasteiger partial charge in [-0.15, -0.1) is 10.2 Å². The van der Waals surface area contributed by atoms with Crippen molar-refractivity contribution in [2.75, 3.05) is 16.8 Å². The molecule has 0 radical (unpaired) electrons. The first-order chi connectivity index (χ1) is 13.2. The van der Waals surface area contributed by atoms with Gasteiger partial charge in [0.15, 0.2) is 0 Å². The van der Waals surface area contributed by atoms with Crippen LogP contribution in [-0.2, 0) is 16.0 Å². The number of nitrogens with one attached hydrogen (secondary N) is 1. The van der Waals surface area contributed by atoms with Crippen molar-refractivity contribution < 1.29 is 9.59 Å². The van der Waals surface area contributed by atoms with Gasteiger partial charge >= 0.3 is 0 Å². The lowest BCUT2D eigenvalue weighted by Crippen LogP contribution is -2.28. The predicted molar refractivity (Wildman–Crippen MR) is 105 cm³/mol. The third-order valence-electron chi connectivity index (χ3n) is 4.46. The third kappa shape index (κ3) is 4.03. The molecule has 2 heterocycles. The molecule has 1 aromatic heterocycles. The molecule has 1 aliphatic rings. The molecule has 6 nitrogen and oxygen atoms in total. The SMILES string of the molecule is O=C(Nc1nnc(Cc2ccccc2)s1)C1CC(=O)N(c2ccccc2)C1. The number of hydrogen-bond donors (Lipinski definition) is 1. The number of para-hydroxylation sites is 1. The van der Waals surface area contributed by atoms with Crippen LogP contribution in [0.4, 0.5) is 10.8 Å². The highest BCUT2D eigenvalue weighted by Crippen LogP contribution is 2.26. The zero-order valence-corrected chi connectivity index (χ0v) is 15.4. The molecular formula is C20H18N4O2S. The van der Waals surface area contributed by atoms with Crippen LogP contribution in [0.5, 0.6) is 0 Å². The number of nitrogens with zero attached hydrogens (tertiary/aromatic N) is 3. The van der Waals surface area contributed by atoms with Crippen molar-refractivity contribution >= 4 is 34.0 Å². The van der Waals surface area contributed by atoms with E-state index in [1.807, 2.05) is 60.7 Å². The Labute approximate surface area is 160 Å². The number of amides is 2. The summed E-state index contributed by atoms with van der Waals surface area (Å²) >= 11 is 1.36. The van der Waals surface area contributed by atoms with Gasteiger partial charge in [-0.1, -0.05) is 59.9 Å². The van der Waals surface area contributed by atoms with Gasteiger partial charge in [0.05, 0.1) is 5.92 Å². The van der Waals surface area contributed by atoms with Crippen molar-refractivity contribution in [2.45, 2.75) is 12.8 Å². The number of benzene rings is 2. The number of carbonyl (C=O) groups excluding carboxylic acids is 2. The minimum absolute atomic E-state index is 0.0385. The van der Waals surface area contributed by atoms with E-state index in [1.165, 1.54) is 11.3 Å². The van der Waals surface area contributed by atoms with Crippen LogP contribution in [0.3, 0.4) is 0 Å². The molecule has 0 spiro atoms. The number of rotatable bonds is 5. The lowest BCUT2D eigenvalue weighted by molar-refractivity contribution is -0.122. The second-order valence-corrected chi connectivity index (χ2v) is 7.46. The largest absolute Gasteiger partial charge is 0.312 e. The zero-order chi connectivity index (χ0) is 18.6. The predicted octanol–water partition coefficient (Wildman–Crippen LogP) is 3.12. The van der Waals surface area contributed by atoms with Gasteiger partial charge in [0, 0.05) is 25.1 Å². The normalized spacial score (nSPS) is 16.5. The molecule has 2 aromatic carbocycles. The maximum Gasteiger partial charge on any atom is 0.231 e. The Morgan fingerprint density at radius 3 is 2.52 bits per heavy atom. The van der Waals surface area contributed by atoms with Crippen LogP contribution in [0, 0.1) is 5.92 Å². The minimum atomic E-state index is -0.390.